The first-order valence-electron chi connectivity index (χ1n) is 6.62. The van der Waals surface area contributed by atoms with Crippen molar-refractivity contribution in [3.63, 3.8) is 0 Å². The fraction of sp³-hybridized carbons (Fsp3) is 0.188. The Morgan fingerprint density at radius 1 is 1.24 bits per heavy atom. The number of rotatable bonds is 2. The van der Waals surface area contributed by atoms with Crippen molar-refractivity contribution in [3.8, 4) is 5.75 Å². The summed E-state index contributed by atoms with van der Waals surface area (Å²) in [5.41, 5.74) is 10.1. The number of carbonyl (C=O) groups is 1. The van der Waals surface area contributed by atoms with Crippen LogP contribution in [0.25, 0.3) is 0 Å². The summed E-state index contributed by atoms with van der Waals surface area (Å²) in [4.78, 5) is 11.4. The van der Waals surface area contributed by atoms with Crippen LogP contribution in [0.3, 0.4) is 0 Å². The number of ether oxygens (including phenoxy) is 1. The van der Waals surface area contributed by atoms with Gasteiger partial charge in [-0.3, -0.25) is 4.79 Å². The van der Waals surface area contributed by atoms with Gasteiger partial charge in [0.05, 0.1) is 11.7 Å². The predicted molar refractivity (Wildman–Crippen MR) is 85.5 cm³/mol. The molecule has 1 atom stereocenters. The monoisotopic (exact) mass is 346 g/mol. The lowest BCUT2D eigenvalue weighted by atomic mass is 9.97. The third-order valence-electron chi connectivity index (χ3n) is 3.42. The maximum Gasteiger partial charge on any atom is 0.262 e. The molecule has 1 unspecified atom stereocenters. The summed E-state index contributed by atoms with van der Waals surface area (Å²) in [6.07, 6.45) is 0. The minimum Gasteiger partial charge on any atom is -0.482 e. The third-order valence-corrected chi connectivity index (χ3v) is 3.88. The molecule has 4 nitrogen and oxygen atoms in total. The van der Waals surface area contributed by atoms with E-state index in [1.165, 1.54) is 0 Å². The summed E-state index contributed by atoms with van der Waals surface area (Å²) >= 11 is 3.49. The van der Waals surface area contributed by atoms with Crippen molar-refractivity contribution in [1.29, 1.82) is 0 Å². The summed E-state index contributed by atoms with van der Waals surface area (Å²) < 4.78 is 6.36. The van der Waals surface area contributed by atoms with Crippen LogP contribution in [-0.4, -0.2) is 12.5 Å². The minimum atomic E-state index is -0.259. The second-order valence-electron chi connectivity index (χ2n) is 5.13. The van der Waals surface area contributed by atoms with E-state index in [0.717, 1.165) is 21.2 Å². The number of halogens is 1. The van der Waals surface area contributed by atoms with E-state index in [-0.39, 0.29) is 18.6 Å². The maximum absolute atomic E-state index is 11.4. The molecule has 1 aliphatic rings. The van der Waals surface area contributed by atoms with E-state index >= 15 is 0 Å². The Kier molecular flexibility index (Phi) is 3.69. The summed E-state index contributed by atoms with van der Waals surface area (Å²) in [5, 5.41) is 2.80. The van der Waals surface area contributed by atoms with Crippen molar-refractivity contribution in [2.45, 2.75) is 13.0 Å². The Hall–Kier alpha value is -1.85. The zero-order chi connectivity index (χ0) is 15.0. The second kappa shape index (κ2) is 5.50. The summed E-state index contributed by atoms with van der Waals surface area (Å²) in [6, 6.07) is 11.5. The second-order valence-corrected chi connectivity index (χ2v) is 6.05. The number of nitrogens with two attached hydrogens (primary N) is 1. The lowest BCUT2D eigenvalue weighted by molar-refractivity contribution is -0.118. The Morgan fingerprint density at radius 3 is 2.81 bits per heavy atom. The number of fused-ring (bicyclic) bond motifs is 1. The van der Waals surface area contributed by atoms with Crippen molar-refractivity contribution in [3.05, 3.63) is 57.6 Å². The van der Waals surface area contributed by atoms with Crippen LogP contribution < -0.4 is 15.8 Å². The van der Waals surface area contributed by atoms with Gasteiger partial charge in [0.25, 0.3) is 5.91 Å². The van der Waals surface area contributed by atoms with E-state index in [0.29, 0.717) is 11.4 Å². The number of aryl methyl sites for hydroxylation is 1. The summed E-state index contributed by atoms with van der Waals surface area (Å²) in [7, 11) is 0. The SMILES string of the molecule is Cc1cc(Br)cc(C(N)c2ccc3c(c2)NC(=O)CO3)c1. The number of benzene rings is 2. The van der Waals surface area contributed by atoms with Crippen molar-refractivity contribution in [1.82, 2.24) is 0 Å². The maximum atomic E-state index is 11.4. The molecule has 5 heteroatoms. The van der Waals surface area contributed by atoms with Gasteiger partial charge in [0.2, 0.25) is 0 Å². The smallest absolute Gasteiger partial charge is 0.262 e. The minimum absolute atomic E-state index is 0.0588. The van der Waals surface area contributed by atoms with Gasteiger partial charge in [0, 0.05) is 4.47 Å². The van der Waals surface area contributed by atoms with Crippen LogP contribution in [0, 0.1) is 6.92 Å². The molecule has 0 radical (unpaired) electrons. The molecule has 0 spiro atoms. The van der Waals surface area contributed by atoms with E-state index in [9.17, 15) is 4.79 Å². The van der Waals surface area contributed by atoms with Crippen LogP contribution in [-0.2, 0) is 4.79 Å². The molecule has 21 heavy (non-hydrogen) atoms. The molecular weight excluding hydrogens is 332 g/mol. The van der Waals surface area contributed by atoms with Gasteiger partial charge in [0.15, 0.2) is 6.61 Å². The van der Waals surface area contributed by atoms with Crippen molar-refractivity contribution >= 4 is 27.5 Å². The molecule has 0 aromatic heterocycles. The van der Waals surface area contributed by atoms with Crippen molar-refractivity contribution < 1.29 is 9.53 Å². The molecule has 108 valence electrons. The molecule has 0 aliphatic carbocycles. The van der Waals surface area contributed by atoms with Gasteiger partial charge in [-0.05, 0) is 47.9 Å². The average Bonchev–Trinajstić information content (AvgIpc) is 2.44. The first kappa shape index (κ1) is 14.1. The Balaban J connectivity index is 1.96. The third kappa shape index (κ3) is 2.94. The predicted octanol–water partition coefficient (Wildman–Crippen LogP) is 3.14. The van der Waals surface area contributed by atoms with Crippen LogP contribution >= 0.6 is 15.9 Å². The zero-order valence-electron chi connectivity index (χ0n) is 11.5. The highest BCUT2D eigenvalue weighted by Gasteiger charge is 2.18. The van der Waals surface area contributed by atoms with E-state index in [4.69, 9.17) is 10.5 Å². The van der Waals surface area contributed by atoms with Crippen molar-refractivity contribution in [2.75, 3.05) is 11.9 Å². The van der Waals surface area contributed by atoms with Gasteiger partial charge in [-0.2, -0.15) is 0 Å². The molecule has 3 N–H and O–H groups in total. The molecule has 0 saturated heterocycles. The fourth-order valence-corrected chi connectivity index (χ4v) is 3.06. The topological polar surface area (TPSA) is 64.3 Å². The van der Waals surface area contributed by atoms with Gasteiger partial charge >= 0.3 is 0 Å². The number of amides is 1. The number of carbonyl (C=O) groups excluding carboxylic acids is 1. The molecule has 0 bridgehead atoms. The fourth-order valence-electron chi connectivity index (χ4n) is 2.43. The highest BCUT2D eigenvalue weighted by Crippen LogP contribution is 2.32. The summed E-state index contributed by atoms with van der Waals surface area (Å²) in [6.45, 7) is 2.09. The van der Waals surface area contributed by atoms with E-state index in [1.807, 2.05) is 37.3 Å². The van der Waals surface area contributed by atoms with Crippen LogP contribution in [0.4, 0.5) is 5.69 Å². The molecule has 0 saturated carbocycles. The molecule has 1 amide bonds. The highest BCUT2D eigenvalue weighted by molar-refractivity contribution is 9.10. The standard InChI is InChI=1S/C16H15BrN2O2/c1-9-4-11(6-12(17)5-9)16(18)10-2-3-14-13(7-10)19-15(20)8-21-14/h2-7,16H,8,18H2,1H3,(H,19,20). The van der Waals surface area contributed by atoms with Crippen LogP contribution in [0.15, 0.2) is 40.9 Å². The first-order valence-corrected chi connectivity index (χ1v) is 7.41. The molecule has 3 rings (SSSR count). The van der Waals surface area contributed by atoms with Gasteiger partial charge in [-0.1, -0.05) is 28.1 Å². The molecule has 2 aromatic carbocycles. The Labute approximate surface area is 131 Å². The normalized spacial score (nSPS) is 14.9. The lowest BCUT2D eigenvalue weighted by Crippen LogP contribution is -2.25. The van der Waals surface area contributed by atoms with Gasteiger partial charge in [-0.25, -0.2) is 0 Å². The summed E-state index contributed by atoms with van der Waals surface area (Å²) in [5.74, 6) is 0.530. The number of anilines is 1. The van der Waals surface area contributed by atoms with Gasteiger partial charge in [0.1, 0.15) is 5.75 Å². The van der Waals surface area contributed by atoms with E-state index in [2.05, 4.69) is 27.3 Å². The highest BCUT2D eigenvalue weighted by atomic mass is 79.9. The number of nitrogens with one attached hydrogen (secondary N) is 1. The quantitative estimate of drug-likeness (QED) is 0.877. The van der Waals surface area contributed by atoms with Crippen molar-refractivity contribution in [2.24, 2.45) is 5.73 Å². The van der Waals surface area contributed by atoms with Crippen LogP contribution in [0.2, 0.25) is 0 Å². The zero-order valence-corrected chi connectivity index (χ0v) is 13.1. The van der Waals surface area contributed by atoms with Gasteiger partial charge in [-0.15, -0.1) is 0 Å². The molecule has 1 heterocycles. The van der Waals surface area contributed by atoms with Crippen LogP contribution in [0.1, 0.15) is 22.7 Å². The molecule has 1 aliphatic heterocycles. The molecule has 0 fully saturated rings. The molecular formula is C16H15BrN2O2. The van der Waals surface area contributed by atoms with E-state index < -0.39 is 0 Å². The van der Waals surface area contributed by atoms with E-state index in [1.54, 1.807) is 0 Å². The van der Waals surface area contributed by atoms with Crippen LogP contribution in [0.5, 0.6) is 5.75 Å². The first-order chi connectivity index (χ1) is 10.0. The Morgan fingerprint density at radius 2 is 2.05 bits per heavy atom. The molecule has 2 aromatic rings. The number of hydrogen-bond donors (Lipinski definition) is 2. The Bertz CT molecular complexity index is 695. The lowest BCUT2D eigenvalue weighted by Gasteiger charge is -2.20. The largest absolute Gasteiger partial charge is 0.482 e. The number of hydrogen-bond acceptors (Lipinski definition) is 3. The average molecular weight is 347 g/mol. The van der Waals surface area contributed by atoms with Gasteiger partial charge < -0.3 is 15.8 Å².